The highest BCUT2D eigenvalue weighted by molar-refractivity contribution is 5.99. The summed E-state index contributed by atoms with van der Waals surface area (Å²) in [5.41, 5.74) is 1.34. The van der Waals surface area contributed by atoms with Crippen molar-refractivity contribution in [3.63, 3.8) is 0 Å². The van der Waals surface area contributed by atoms with Gasteiger partial charge in [0.05, 0.1) is 12.2 Å². The van der Waals surface area contributed by atoms with Crippen LogP contribution in [0.5, 0.6) is 11.5 Å². The standard InChI is InChI=1S/C16H13FO3/c17-12-3-1-2-11(8-12)10-20-13-4-5-14-15(18)6-7-19-16(14)9-13/h1-5,8-9H,6-7,10H2. The van der Waals surface area contributed by atoms with Gasteiger partial charge in [-0.25, -0.2) is 4.39 Å². The number of hydrogen-bond donors (Lipinski definition) is 0. The molecule has 3 nitrogen and oxygen atoms in total. The molecule has 0 bridgehead atoms. The van der Waals surface area contributed by atoms with Crippen LogP contribution in [0.15, 0.2) is 42.5 Å². The number of carbonyl (C=O) groups excluding carboxylic acids is 1. The summed E-state index contributed by atoms with van der Waals surface area (Å²) in [4.78, 5) is 11.7. The molecule has 0 aliphatic carbocycles. The first-order chi connectivity index (χ1) is 9.72. The van der Waals surface area contributed by atoms with Crippen LogP contribution in [-0.4, -0.2) is 12.4 Å². The van der Waals surface area contributed by atoms with Crippen LogP contribution < -0.4 is 9.47 Å². The Morgan fingerprint density at radius 3 is 2.95 bits per heavy atom. The number of ether oxygens (including phenoxy) is 2. The summed E-state index contributed by atoms with van der Waals surface area (Å²) in [5, 5.41) is 0. The second-order valence-corrected chi connectivity index (χ2v) is 4.60. The molecule has 0 saturated carbocycles. The van der Waals surface area contributed by atoms with Crippen molar-refractivity contribution >= 4 is 5.78 Å². The predicted octanol–water partition coefficient (Wildman–Crippen LogP) is 3.37. The molecule has 0 fully saturated rings. The molecule has 0 saturated heterocycles. The van der Waals surface area contributed by atoms with Gasteiger partial charge in [-0.05, 0) is 29.8 Å². The number of halogens is 1. The van der Waals surface area contributed by atoms with Gasteiger partial charge in [0.25, 0.3) is 0 Å². The lowest BCUT2D eigenvalue weighted by atomic mass is 10.1. The van der Waals surface area contributed by atoms with Crippen LogP contribution in [0.2, 0.25) is 0 Å². The molecule has 4 heteroatoms. The maximum Gasteiger partial charge on any atom is 0.169 e. The van der Waals surface area contributed by atoms with Gasteiger partial charge in [0.15, 0.2) is 5.78 Å². The zero-order valence-corrected chi connectivity index (χ0v) is 10.8. The lowest BCUT2D eigenvalue weighted by molar-refractivity contribution is 0.0933. The average molecular weight is 272 g/mol. The van der Waals surface area contributed by atoms with Crippen molar-refractivity contribution in [2.45, 2.75) is 13.0 Å². The molecule has 1 heterocycles. The van der Waals surface area contributed by atoms with Gasteiger partial charge >= 0.3 is 0 Å². The molecule has 0 radical (unpaired) electrons. The van der Waals surface area contributed by atoms with Crippen molar-refractivity contribution in [1.29, 1.82) is 0 Å². The van der Waals surface area contributed by atoms with E-state index in [4.69, 9.17) is 9.47 Å². The lowest BCUT2D eigenvalue weighted by Crippen LogP contribution is -2.15. The molecule has 1 aliphatic rings. The fourth-order valence-corrected chi connectivity index (χ4v) is 2.12. The first-order valence-corrected chi connectivity index (χ1v) is 6.40. The number of Topliss-reactive ketones (excluding diaryl/α,β-unsaturated/α-hetero) is 1. The molecule has 0 N–H and O–H groups in total. The minimum absolute atomic E-state index is 0.0860. The molecule has 2 aromatic rings. The molecule has 0 atom stereocenters. The zero-order valence-electron chi connectivity index (χ0n) is 10.8. The van der Waals surface area contributed by atoms with Gasteiger partial charge in [-0.3, -0.25) is 4.79 Å². The molecular formula is C16H13FO3. The first kappa shape index (κ1) is 12.7. The quantitative estimate of drug-likeness (QED) is 0.859. The second-order valence-electron chi connectivity index (χ2n) is 4.60. The van der Waals surface area contributed by atoms with Crippen molar-refractivity contribution in [2.75, 3.05) is 6.61 Å². The maximum absolute atomic E-state index is 13.0. The van der Waals surface area contributed by atoms with Crippen molar-refractivity contribution < 1.29 is 18.7 Å². The van der Waals surface area contributed by atoms with E-state index in [0.717, 1.165) is 5.56 Å². The number of ketones is 1. The summed E-state index contributed by atoms with van der Waals surface area (Å²) in [6, 6.07) is 11.4. The van der Waals surface area contributed by atoms with E-state index in [9.17, 15) is 9.18 Å². The summed E-state index contributed by atoms with van der Waals surface area (Å²) in [6.07, 6.45) is 0.413. The van der Waals surface area contributed by atoms with Gasteiger partial charge in [-0.15, -0.1) is 0 Å². The van der Waals surface area contributed by atoms with Crippen LogP contribution in [-0.2, 0) is 6.61 Å². The van der Waals surface area contributed by atoms with Crippen molar-refractivity contribution in [3.8, 4) is 11.5 Å². The number of rotatable bonds is 3. The van der Waals surface area contributed by atoms with E-state index in [1.54, 1.807) is 30.3 Å². The second kappa shape index (κ2) is 5.33. The van der Waals surface area contributed by atoms with Crippen LogP contribution in [0.25, 0.3) is 0 Å². The summed E-state index contributed by atoms with van der Waals surface area (Å²) in [5.74, 6) is 0.953. The van der Waals surface area contributed by atoms with Crippen molar-refractivity contribution in [2.24, 2.45) is 0 Å². The lowest BCUT2D eigenvalue weighted by Gasteiger charge is -2.17. The highest BCUT2D eigenvalue weighted by atomic mass is 19.1. The average Bonchev–Trinajstić information content (AvgIpc) is 2.45. The topological polar surface area (TPSA) is 35.5 Å². The van der Waals surface area contributed by atoms with E-state index in [0.29, 0.717) is 30.1 Å². The fourth-order valence-electron chi connectivity index (χ4n) is 2.12. The first-order valence-electron chi connectivity index (χ1n) is 6.40. The normalized spacial score (nSPS) is 13.6. The Labute approximate surface area is 115 Å². The number of fused-ring (bicyclic) bond motifs is 1. The minimum atomic E-state index is -0.287. The molecule has 0 aromatic heterocycles. The van der Waals surface area contributed by atoms with Crippen molar-refractivity contribution in [3.05, 3.63) is 59.4 Å². The van der Waals surface area contributed by atoms with E-state index in [1.807, 2.05) is 0 Å². The highest BCUT2D eigenvalue weighted by Gasteiger charge is 2.18. The molecule has 0 amide bonds. The van der Waals surface area contributed by atoms with Crippen LogP contribution in [0.1, 0.15) is 22.3 Å². The molecule has 3 rings (SSSR count). The Morgan fingerprint density at radius 2 is 2.10 bits per heavy atom. The highest BCUT2D eigenvalue weighted by Crippen LogP contribution is 2.29. The predicted molar refractivity (Wildman–Crippen MR) is 71.6 cm³/mol. The Bertz CT molecular complexity index is 652. The van der Waals surface area contributed by atoms with E-state index in [-0.39, 0.29) is 18.2 Å². The molecule has 2 aromatic carbocycles. The zero-order chi connectivity index (χ0) is 13.9. The van der Waals surface area contributed by atoms with Crippen molar-refractivity contribution in [1.82, 2.24) is 0 Å². The third-order valence-corrected chi connectivity index (χ3v) is 3.13. The van der Waals surface area contributed by atoms with Gasteiger partial charge in [0.2, 0.25) is 0 Å². The van der Waals surface area contributed by atoms with Gasteiger partial charge < -0.3 is 9.47 Å². The summed E-state index contributed by atoms with van der Waals surface area (Å²) in [7, 11) is 0. The minimum Gasteiger partial charge on any atom is -0.492 e. The summed E-state index contributed by atoms with van der Waals surface area (Å²) in [6.45, 7) is 0.670. The molecular weight excluding hydrogens is 259 g/mol. The van der Waals surface area contributed by atoms with Crippen LogP contribution >= 0.6 is 0 Å². The molecule has 0 unspecified atom stereocenters. The van der Waals surface area contributed by atoms with E-state index in [2.05, 4.69) is 0 Å². The van der Waals surface area contributed by atoms with Gasteiger partial charge in [-0.1, -0.05) is 12.1 Å². The monoisotopic (exact) mass is 272 g/mol. The third-order valence-electron chi connectivity index (χ3n) is 3.13. The number of carbonyl (C=O) groups is 1. The number of benzene rings is 2. The summed E-state index contributed by atoms with van der Waals surface area (Å²) >= 11 is 0. The Morgan fingerprint density at radius 1 is 1.20 bits per heavy atom. The van der Waals surface area contributed by atoms with Crippen LogP contribution in [0.3, 0.4) is 0 Å². The maximum atomic E-state index is 13.0. The summed E-state index contributed by atoms with van der Waals surface area (Å²) < 4.78 is 24.1. The molecule has 20 heavy (non-hydrogen) atoms. The molecule has 0 spiro atoms. The van der Waals surface area contributed by atoms with Gasteiger partial charge in [0, 0.05) is 12.5 Å². The molecule has 1 aliphatic heterocycles. The Kier molecular flexibility index (Phi) is 3.37. The Balaban J connectivity index is 1.74. The van der Waals surface area contributed by atoms with Gasteiger partial charge in [-0.2, -0.15) is 0 Å². The molecule has 102 valence electrons. The number of hydrogen-bond acceptors (Lipinski definition) is 3. The third kappa shape index (κ3) is 2.64. The largest absolute Gasteiger partial charge is 0.492 e. The van der Waals surface area contributed by atoms with Gasteiger partial charge in [0.1, 0.15) is 23.9 Å². The SMILES string of the molecule is O=C1CCOc2cc(OCc3cccc(F)c3)ccc21. The Hall–Kier alpha value is -2.36. The van der Waals surface area contributed by atoms with E-state index < -0.39 is 0 Å². The van der Waals surface area contributed by atoms with E-state index in [1.165, 1.54) is 12.1 Å². The smallest absolute Gasteiger partial charge is 0.169 e. The fraction of sp³-hybridized carbons (Fsp3) is 0.188. The van der Waals surface area contributed by atoms with E-state index >= 15 is 0 Å². The van der Waals surface area contributed by atoms with Crippen LogP contribution in [0, 0.1) is 5.82 Å². The van der Waals surface area contributed by atoms with Crippen LogP contribution in [0.4, 0.5) is 4.39 Å².